The summed E-state index contributed by atoms with van der Waals surface area (Å²) in [5.74, 6) is -0.930. The number of aliphatic hydroxyl groups is 1. The number of aryl methyl sites for hydroxylation is 2. The SMILES string of the molecule is CCCCCCCCN(C(=O)C(CO)NC(=O)OC(C)(C)C)C(C(=O)Nc1ccc2ccccc2c1)c1ccc(C)c(C)c1. The quantitative estimate of drug-likeness (QED) is 0.169. The molecule has 0 aromatic heterocycles. The number of unbranched alkanes of at least 4 members (excludes halogenated alkanes) is 5. The average Bonchev–Trinajstić information content (AvgIpc) is 2.97. The number of fused-ring (bicyclic) bond motifs is 1. The zero-order valence-corrected chi connectivity index (χ0v) is 27.1. The summed E-state index contributed by atoms with van der Waals surface area (Å²) >= 11 is 0. The fourth-order valence-corrected chi connectivity index (χ4v) is 5.15. The minimum Gasteiger partial charge on any atom is -0.444 e. The maximum atomic E-state index is 14.2. The highest BCUT2D eigenvalue weighted by Crippen LogP contribution is 2.28. The number of rotatable bonds is 14. The first kappa shape index (κ1) is 34.6. The van der Waals surface area contributed by atoms with Gasteiger partial charge in [0.05, 0.1) is 6.61 Å². The molecule has 2 unspecified atom stereocenters. The van der Waals surface area contributed by atoms with Crippen molar-refractivity contribution >= 4 is 34.4 Å². The zero-order chi connectivity index (χ0) is 32.3. The van der Waals surface area contributed by atoms with E-state index in [1.54, 1.807) is 20.8 Å². The molecule has 8 heteroatoms. The van der Waals surface area contributed by atoms with Gasteiger partial charge in [0.25, 0.3) is 5.91 Å². The largest absolute Gasteiger partial charge is 0.444 e. The first-order valence-electron chi connectivity index (χ1n) is 15.7. The van der Waals surface area contributed by atoms with Gasteiger partial charge in [-0.2, -0.15) is 0 Å². The molecule has 0 spiro atoms. The maximum absolute atomic E-state index is 14.2. The van der Waals surface area contributed by atoms with E-state index in [1.165, 1.54) is 4.90 Å². The standard InChI is InChI=1S/C36H49N3O5/c1-7-8-9-10-11-14-21-39(34(42)31(24-40)38-35(43)44-36(4,5)6)32(29-18-17-25(2)26(3)22-29)33(41)37-30-20-19-27-15-12-13-16-28(27)23-30/h12-13,15-20,22-23,31-32,40H,7-11,14,21,24H2,1-6H3,(H,37,41)(H,38,43). The Morgan fingerprint density at radius 2 is 1.55 bits per heavy atom. The smallest absolute Gasteiger partial charge is 0.408 e. The van der Waals surface area contributed by atoms with Crippen molar-refractivity contribution in [1.29, 1.82) is 0 Å². The molecule has 0 bridgehead atoms. The van der Waals surface area contributed by atoms with Gasteiger partial charge in [0.1, 0.15) is 17.7 Å². The molecular weight excluding hydrogens is 554 g/mol. The van der Waals surface area contributed by atoms with E-state index in [0.29, 0.717) is 17.7 Å². The van der Waals surface area contributed by atoms with Gasteiger partial charge in [0, 0.05) is 12.2 Å². The molecular formula is C36H49N3O5. The van der Waals surface area contributed by atoms with Gasteiger partial charge in [-0.1, -0.05) is 87.6 Å². The van der Waals surface area contributed by atoms with E-state index in [0.717, 1.165) is 54.0 Å². The molecule has 0 aliphatic carbocycles. The van der Waals surface area contributed by atoms with Crippen LogP contribution in [0.25, 0.3) is 10.8 Å². The number of aliphatic hydroxyl groups excluding tert-OH is 1. The highest BCUT2D eigenvalue weighted by molar-refractivity contribution is 6.00. The molecule has 0 saturated carbocycles. The number of nitrogens with one attached hydrogen (secondary N) is 2. The predicted molar refractivity (Wildman–Crippen MR) is 177 cm³/mol. The lowest BCUT2D eigenvalue weighted by Crippen LogP contribution is -2.54. The molecule has 44 heavy (non-hydrogen) atoms. The number of alkyl carbamates (subject to hydrolysis) is 1. The van der Waals surface area contributed by atoms with Gasteiger partial charge >= 0.3 is 6.09 Å². The predicted octanol–water partition coefficient (Wildman–Crippen LogP) is 7.21. The van der Waals surface area contributed by atoms with Gasteiger partial charge in [-0.3, -0.25) is 9.59 Å². The lowest BCUT2D eigenvalue weighted by atomic mass is 9.97. The van der Waals surface area contributed by atoms with Crippen molar-refractivity contribution in [3.8, 4) is 0 Å². The first-order chi connectivity index (χ1) is 20.9. The van der Waals surface area contributed by atoms with Crippen molar-refractivity contribution in [3.05, 3.63) is 77.4 Å². The van der Waals surface area contributed by atoms with E-state index < -0.39 is 36.3 Å². The Labute approximate surface area is 262 Å². The van der Waals surface area contributed by atoms with Crippen LogP contribution < -0.4 is 10.6 Å². The number of hydrogen-bond donors (Lipinski definition) is 3. The summed E-state index contributed by atoms with van der Waals surface area (Å²) in [6, 6.07) is 17.0. The number of ether oxygens (including phenoxy) is 1. The summed E-state index contributed by atoms with van der Waals surface area (Å²) in [5.41, 5.74) is 2.53. The van der Waals surface area contributed by atoms with E-state index >= 15 is 0 Å². The zero-order valence-electron chi connectivity index (χ0n) is 27.1. The van der Waals surface area contributed by atoms with Crippen LogP contribution in [0.1, 0.15) is 89.0 Å². The molecule has 0 aliphatic heterocycles. The molecule has 2 atom stereocenters. The molecule has 3 rings (SSSR count). The van der Waals surface area contributed by atoms with Crippen molar-refractivity contribution in [1.82, 2.24) is 10.2 Å². The Hall–Kier alpha value is -3.91. The fourth-order valence-electron chi connectivity index (χ4n) is 5.15. The molecule has 0 fully saturated rings. The van der Waals surface area contributed by atoms with Crippen molar-refractivity contribution in [2.24, 2.45) is 0 Å². The maximum Gasteiger partial charge on any atom is 0.408 e. The summed E-state index contributed by atoms with van der Waals surface area (Å²) in [5, 5.41) is 17.8. The second kappa shape index (κ2) is 16.2. The number of carbonyl (C=O) groups excluding carboxylic acids is 3. The Morgan fingerprint density at radius 1 is 0.864 bits per heavy atom. The lowest BCUT2D eigenvalue weighted by molar-refractivity contribution is -0.141. The Morgan fingerprint density at radius 3 is 2.20 bits per heavy atom. The molecule has 238 valence electrons. The van der Waals surface area contributed by atoms with Crippen molar-refractivity contribution < 1.29 is 24.2 Å². The number of nitrogens with zero attached hydrogens (tertiary/aromatic N) is 1. The van der Waals surface area contributed by atoms with Crippen LogP contribution in [0, 0.1) is 13.8 Å². The summed E-state index contributed by atoms with van der Waals surface area (Å²) in [4.78, 5) is 42.5. The molecule has 3 N–H and O–H groups in total. The van der Waals surface area contributed by atoms with Gasteiger partial charge in [-0.25, -0.2) is 4.79 Å². The monoisotopic (exact) mass is 603 g/mol. The summed E-state index contributed by atoms with van der Waals surface area (Å²) in [6.45, 7) is 10.9. The average molecular weight is 604 g/mol. The Bertz CT molecular complexity index is 1410. The molecule has 0 radical (unpaired) electrons. The van der Waals surface area contributed by atoms with Crippen LogP contribution in [0.2, 0.25) is 0 Å². The fraction of sp³-hybridized carbons (Fsp3) is 0.472. The first-order valence-corrected chi connectivity index (χ1v) is 15.7. The van der Waals surface area contributed by atoms with Gasteiger partial charge in [0.15, 0.2) is 0 Å². The van der Waals surface area contributed by atoms with Crippen LogP contribution in [-0.2, 0) is 14.3 Å². The van der Waals surface area contributed by atoms with Crippen LogP contribution in [0.5, 0.6) is 0 Å². The van der Waals surface area contributed by atoms with Gasteiger partial charge in [0.2, 0.25) is 5.91 Å². The van der Waals surface area contributed by atoms with Crippen LogP contribution >= 0.6 is 0 Å². The van der Waals surface area contributed by atoms with Gasteiger partial charge in [-0.05, 0) is 80.6 Å². The second-order valence-electron chi connectivity index (χ2n) is 12.5. The third-order valence-electron chi connectivity index (χ3n) is 7.63. The highest BCUT2D eigenvalue weighted by atomic mass is 16.6. The molecule has 0 heterocycles. The number of hydrogen-bond acceptors (Lipinski definition) is 5. The highest BCUT2D eigenvalue weighted by Gasteiger charge is 2.36. The van der Waals surface area contributed by atoms with E-state index in [-0.39, 0.29) is 12.5 Å². The van der Waals surface area contributed by atoms with Crippen LogP contribution in [0.15, 0.2) is 60.7 Å². The van der Waals surface area contributed by atoms with Crippen LogP contribution in [0.4, 0.5) is 10.5 Å². The van der Waals surface area contributed by atoms with E-state index in [2.05, 4.69) is 17.6 Å². The van der Waals surface area contributed by atoms with Crippen molar-refractivity contribution in [2.75, 3.05) is 18.5 Å². The molecule has 0 saturated heterocycles. The molecule has 0 aliphatic rings. The van der Waals surface area contributed by atoms with E-state index in [4.69, 9.17) is 4.74 Å². The summed E-state index contributed by atoms with van der Waals surface area (Å²) < 4.78 is 5.36. The van der Waals surface area contributed by atoms with E-state index in [1.807, 2.05) is 74.5 Å². The minimum absolute atomic E-state index is 0.278. The van der Waals surface area contributed by atoms with Gasteiger partial charge < -0.3 is 25.4 Å². The molecule has 8 nitrogen and oxygen atoms in total. The Balaban J connectivity index is 1.99. The molecule has 3 aromatic rings. The topological polar surface area (TPSA) is 108 Å². The second-order valence-corrected chi connectivity index (χ2v) is 12.5. The van der Waals surface area contributed by atoms with Crippen LogP contribution in [-0.4, -0.2) is 52.7 Å². The third kappa shape index (κ3) is 10.1. The number of anilines is 1. The van der Waals surface area contributed by atoms with Crippen LogP contribution in [0.3, 0.4) is 0 Å². The number of benzene rings is 3. The van der Waals surface area contributed by atoms with E-state index in [9.17, 15) is 19.5 Å². The van der Waals surface area contributed by atoms with Gasteiger partial charge in [-0.15, -0.1) is 0 Å². The normalized spacial score (nSPS) is 12.8. The minimum atomic E-state index is -1.28. The molecule has 3 aromatic carbocycles. The molecule has 3 amide bonds. The van der Waals surface area contributed by atoms with Crippen molar-refractivity contribution in [2.45, 2.75) is 97.8 Å². The number of amides is 3. The lowest BCUT2D eigenvalue weighted by Gasteiger charge is -2.34. The third-order valence-corrected chi connectivity index (χ3v) is 7.63. The summed E-state index contributed by atoms with van der Waals surface area (Å²) in [7, 11) is 0. The summed E-state index contributed by atoms with van der Waals surface area (Å²) in [6.07, 6.45) is 5.15. The Kier molecular flexibility index (Phi) is 12.8. The van der Waals surface area contributed by atoms with Crippen molar-refractivity contribution in [3.63, 3.8) is 0 Å². The number of carbonyl (C=O) groups is 3.